The van der Waals surface area contributed by atoms with Crippen molar-refractivity contribution in [3.63, 3.8) is 0 Å². The molecule has 5 nitrogen and oxygen atoms in total. The van der Waals surface area contributed by atoms with Crippen LogP contribution >= 0.6 is 0 Å². The molecular weight excluding hydrogens is 312 g/mol. The van der Waals surface area contributed by atoms with Gasteiger partial charge in [-0.05, 0) is 32.8 Å². The van der Waals surface area contributed by atoms with E-state index in [-0.39, 0.29) is 5.54 Å². The Morgan fingerprint density at radius 1 is 1.08 bits per heavy atom. The second-order valence-corrected chi connectivity index (χ2v) is 7.51. The largest absolute Gasteiger partial charge is 0.370 e. The van der Waals surface area contributed by atoms with E-state index in [1.807, 2.05) is 35.0 Å². The van der Waals surface area contributed by atoms with Gasteiger partial charge in [0.25, 0.3) is 0 Å². The van der Waals surface area contributed by atoms with Crippen molar-refractivity contribution in [2.75, 3.05) is 11.4 Å². The second-order valence-electron chi connectivity index (χ2n) is 7.51. The third-order valence-corrected chi connectivity index (χ3v) is 4.69. The fourth-order valence-electron chi connectivity index (χ4n) is 3.48. The van der Waals surface area contributed by atoms with Gasteiger partial charge in [0.1, 0.15) is 5.82 Å². The quantitative estimate of drug-likeness (QED) is 0.730. The summed E-state index contributed by atoms with van der Waals surface area (Å²) in [6, 6.07) is 12.2. The monoisotopic (exact) mass is 336 g/mol. The lowest BCUT2D eigenvalue weighted by Crippen LogP contribution is -2.41. The van der Waals surface area contributed by atoms with Gasteiger partial charge in [-0.2, -0.15) is 9.61 Å². The summed E-state index contributed by atoms with van der Waals surface area (Å²) in [5.41, 5.74) is 4.41. The van der Waals surface area contributed by atoms with Gasteiger partial charge in [-0.1, -0.05) is 30.3 Å². The van der Waals surface area contributed by atoms with E-state index in [1.54, 1.807) is 0 Å². The van der Waals surface area contributed by atoms with Crippen molar-refractivity contribution in [1.82, 2.24) is 14.6 Å². The summed E-state index contributed by atoms with van der Waals surface area (Å²) in [4.78, 5) is 7.22. The lowest BCUT2D eigenvalue weighted by atomic mass is 10.1. The second kappa shape index (κ2) is 6.15. The number of hydrogen-bond donors (Lipinski definition) is 0. The standard InChI is InChI=1S/C20H24N4O/c1-20(2,3)23-12-10-16-17(14-25-13-15-7-5-4-6-8-15)22-18-9-11-21-24(18)19(16)23/h4-9,11H,10,12-14H2,1-3H3. The molecule has 3 aromatic rings. The van der Waals surface area contributed by atoms with E-state index >= 15 is 0 Å². The summed E-state index contributed by atoms with van der Waals surface area (Å²) in [6.45, 7) is 8.84. The van der Waals surface area contributed by atoms with E-state index in [4.69, 9.17) is 9.72 Å². The molecule has 0 spiro atoms. The third-order valence-electron chi connectivity index (χ3n) is 4.69. The van der Waals surface area contributed by atoms with Gasteiger partial charge in [-0.3, -0.25) is 0 Å². The fourth-order valence-corrected chi connectivity index (χ4v) is 3.48. The number of aromatic nitrogens is 3. The Hall–Kier alpha value is -2.40. The number of fused-ring (bicyclic) bond motifs is 3. The molecule has 1 aliphatic heterocycles. The van der Waals surface area contributed by atoms with Crippen LogP contribution in [-0.4, -0.2) is 26.7 Å². The fraction of sp³-hybridized carbons (Fsp3) is 0.400. The molecule has 0 saturated heterocycles. The van der Waals surface area contributed by atoms with E-state index in [1.165, 1.54) is 16.9 Å². The maximum atomic E-state index is 5.97. The van der Waals surface area contributed by atoms with Crippen LogP contribution in [0.15, 0.2) is 42.6 Å². The number of benzene rings is 1. The van der Waals surface area contributed by atoms with E-state index < -0.39 is 0 Å². The van der Waals surface area contributed by atoms with Crippen molar-refractivity contribution < 1.29 is 4.74 Å². The van der Waals surface area contributed by atoms with Crippen LogP contribution in [0.1, 0.15) is 37.6 Å². The van der Waals surface area contributed by atoms with Crippen molar-refractivity contribution in [3.05, 3.63) is 59.4 Å². The molecule has 1 aromatic carbocycles. The molecule has 0 N–H and O–H groups in total. The van der Waals surface area contributed by atoms with Gasteiger partial charge >= 0.3 is 0 Å². The summed E-state index contributed by atoms with van der Waals surface area (Å²) >= 11 is 0. The first kappa shape index (κ1) is 16.1. The molecule has 0 fully saturated rings. The van der Waals surface area contributed by atoms with Gasteiger partial charge < -0.3 is 9.64 Å². The highest BCUT2D eigenvalue weighted by atomic mass is 16.5. The molecule has 4 rings (SSSR count). The van der Waals surface area contributed by atoms with Crippen molar-refractivity contribution in [3.8, 4) is 0 Å². The topological polar surface area (TPSA) is 42.7 Å². The molecule has 0 atom stereocenters. The van der Waals surface area contributed by atoms with Crippen molar-refractivity contribution >= 4 is 11.5 Å². The van der Waals surface area contributed by atoms with Crippen LogP contribution < -0.4 is 4.90 Å². The molecule has 0 unspecified atom stereocenters. The van der Waals surface area contributed by atoms with Crippen LogP contribution in [0.2, 0.25) is 0 Å². The SMILES string of the molecule is CC(C)(C)N1CCc2c(COCc3ccccc3)nc3ccnn3c21. The van der Waals surface area contributed by atoms with E-state index in [0.29, 0.717) is 13.2 Å². The predicted octanol–water partition coefficient (Wildman–Crippen LogP) is 3.61. The zero-order valence-corrected chi connectivity index (χ0v) is 15.1. The van der Waals surface area contributed by atoms with Gasteiger partial charge in [0.05, 0.1) is 25.1 Å². The van der Waals surface area contributed by atoms with Crippen LogP contribution in [0.25, 0.3) is 5.65 Å². The zero-order chi connectivity index (χ0) is 17.4. The lowest BCUT2D eigenvalue weighted by molar-refractivity contribution is 0.104. The van der Waals surface area contributed by atoms with Crippen LogP contribution in [0, 0.1) is 0 Å². The molecule has 0 radical (unpaired) electrons. The van der Waals surface area contributed by atoms with Gasteiger partial charge in [0, 0.05) is 23.7 Å². The highest BCUT2D eigenvalue weighted by Gasteiger charge is 2.33. The molecule has 25 heavy (non-hydrogen) atoms. The average molecular weight is 336 g/mol. The molecule has 0 amide bonds. The van der Waals surface area contributed by atoms with Crippen molar-refractivity contribution in [2.45, 2.75) is 45.9 Å². The summed E-state index contributed by atoms with van der Waals surface area (Å²) in [5, 5.41) is 4.49. The van der Waals surface area contributed by atoms with Gasteiger partial charge in [-0.15, -0.1) is 0 Å². The first-order valence-electron chi connectivity index (χ1n) is 8.79. The predicted molar refractivity (Wildman–Crippen MR) is 98.7 cm³/mol. The molecule has 5 heteroatoms. The minimum Gasteiger partial charge on any atom is -0.370 e. The zero-order valence-electron chi connectivity index (χ0n) is 15.1. The molecule has 0 saturated carbocycles. The molecule has 3 heterocycles. The van der Waals surface area contributed by atoms with Crippen LogP contribution in [0.5, 0.6) is 0 Å². The smallest absolute Gasteiger partial charge is 0.157 e. The van der Waals surface area contributed by atoms with Crippen molar-refractivity contribution in [1.29, 1.82) is 0 Å². The van der Waals surface area contributed by atoms with Crippen molar-refractivity contribution in [2.24, 2.45) is 0 Å². The molecule has 1 aliphatic rings. The average Bonchev–Trinajstić information content (AvgIpc) is 3.21. The third kappa shape index (κ3) is 3.00. The van der Waals surface area contributed by atoms with E-state index in [2.05, 4.69) is 42.9 Å². The highest BCUT2D eigenvalue weighted by Crippen LogP contribution is 2.35. The summed E-state index contributed by atoms with van der Waals surface area (Å²) in [5.74, 6) is 1.17. The first-order valence-corrected chi connectivity index (χ1v) is 8.79. The first-order chi connectivity index (χ1) is 12.0. The normalized spacial score (nSPS) is 14.3. The maximum absolute atomic E-state index is 5.97. The molecule has 130 valence electrons. The summed E-state index contributed by atoms with van der Waals surface area (Å²) in [7, 11) is 0. The van der Waals surface area contributed by atoms with Gasteiger partial charge in [0.2, 0.25) is 0 Å². The Morgan fingerprint density at radius 2 is 1.88 bits per heavy atom. The molecule has 0 bridgehead atoms. The number of rotatable bonds is 4. The number of nitrogens with zero attached hydrogens (tertiary/aromatic N) is 4. The number of anilines is 1. The Morgan fingerprint density at radius 3 is 2.64 bits per heavy atom. The Kier molecular flexibility index (Phi) is 3.96. The summed E-state index contributed by atoms with van der Waals surface area (Å²) in [6.07, 6.45) is 2.80. The maximum Gasteiger partial charge on any atom is 0.157 e. The number of ether oxygens (including phenoxy) is 1. The highest BCUT2D eigenvalue weighted by molar-refractivity contribution is 5.61. The molecule has 0 aliphatic carbocycles. The Balaban J connectivity index is 1.64. The molecule has 2 aromatic heterocycles. The minimum absolute atomic E-state index is 0.0493. The van der Waals surface area contributed by atoms with Gasteiger partial charge in [-0.25, -0.2) is 4.98 Å². The summed E-state index contributed by atoms with van der Waals surface area (Å²) < 4.78 is 7.93. The van der Waals surface area contributed by atoms with E-state index in [9.17, 15) is 0 Å². The van der Waals surface area contributed by atoms with E-state index in [0.717, 1.165) is 24.3 Å². The minimum atomic E-state index is 0.0493. The Bertz CT molecular complexity index is 880. The van der Waals surface area contributed by atoms with Crippen LogP contribution in [0.4, 0.5) is 5.82 Å². The Labute approximate surface area is 148 Å². The van der Waals surface area contributed by atoms with Gasteiger partial charge in [0.15, 0.2) is 5.65 Å². The van der Waals surface area contributed by atoms with Crippen LogP contribution in [0.3, 0.4) is 0 Å². The lowest BCUT2D eigenvalue weighted by Gasteiger charge is -2.34. The van der Waals surface area contributed by atoms with Crippen LogP contribution in [-0.2, 0) is 24.4 Å². The number of hydrogen-bond acceptors (Lipinski definition) is 4. The molecular formula is C20H24N4O.